The first-order chi connectivity index (χ1) is 31.5. The number of fused-ring (bicyclic) bond motifs is 12. The lowest BCUT2D eigenvalue weighted by Crippen LogP contribution is -2.14. The molecule has 1 aliphatic carbocycles. The van der Waals surface area contributed by atoms with Gasteiger partial charge in [0.25, 0.3) is 0 Å². The molecule has 0 aliphatic heterocycles. The molecule has 2 aromatic heterocycles. The van der Waals surface area contributed by atoms with Crippen molar-refractivity contribution in [2.45, 2.75) is 19.3 Å². The van der Waals surface area contributed by atoms with E-state index >= 15 is 0 Å². The molecule has 0 bridgehead atoms. The average Bonchev–Trinajstić information content (AvgIpc) is 3.84. The predicted molar refractivity (Wildman–Crippen MR) is 270 cm³/mol. The Hall–Kier alpha value is -7.79. The van der Waals surface area contributed by atoms with Crippen LogP contribution in [0.25, 0.3) is 120 Å². The summed E-state index contributed by atoms with van der Waals surface area (Å²) in [7, 11) is 0. The Morgan fingerprint density at radius 3 is 1.47 bits per heavy atom. The Labute approximate surface area is 375 Å². The second-order valence-electron chi connectivity index (χ2n) is 17.5. The third-order valence-electron chi connectivity index (χ3n) is 13.5. The number of benzene rings is 10. The van der Waals surface area contributed by atoms with Gasteiger partial charge >= 0.3 is 0 Å². The molecule has 0 radical (unpaired) electrons. The molecule has 0 amide bonds. The summed E-state index contributed by atoms with van der Waals surface area (Å²) in [6, 6.07) is 72.6. The fourth-order valence-electron chi connectivity index (χ4n) is 10.3. The minimum atomic E-state index is -0.127. The number of aromatic nitrogens is 3. The molecule has 0 atom stereocenters. The van der Waals surface area contributed by atoms with Gasteiger partial charge in [0.05, 0.1) is 0 Å². The molecule has 10 aromatic carbocycles. The lowest BCUT2D eigenvalue weighted by molar-refractivity contribution is 0.660. The molecule has 0 saturated carbocycles. The normalized spacial score (nSPS) is 13.0. The first-order valence-electron chi connectivity index (χ1n) is 21.9. The molecule has 0 spiro atoms. The van der Waals surface area contributed by atoms with Crippen LogP contribution in [0.1, 0.15) is 25.0 Å². The zero-order valence-electron chi connectivity index (χ0n) is 35.3. The maximum absolute atomic E-state index is 5.27. The van der Waals surface area contributed by atoms with E-state index in [1.54, 1.807) is 0 Å². The number of rotatable bonds is 5. The van der Waals surface area contributed by atoms with E-state index in [2.05, 4.69) is 196 Å². The van der Waals surface area contributed by atoms with Gasteiger partial charge in [0.1, 0.15) is 0 Å². The largest absolute Gasteiger partial charge is 0.208 e. The van der Waals surface area contributed by atoms with Gasteiger partial charge in [-0.1, -0.05) is 190 Å². The third kappa shape index (κ3) is 5.69. The molecule has 0 N–H and O–H groups in total. The summed E-state index contributed by atoms with van der Waals surface area (Å²) < 4.78 is 2.45. The minimum Gasteiger partial charge on any atom is -0.208 e. The van der Waals surface area contributed by atoms with Crippen LogP contribution < -0.4 is 0 Å². The molecular formula is C60H39N3S. The zero-order chi connectivity index (χ0) is 42.5. The van der Waals surface area contributed by atoms with Crippen molar-refractivity contribution in [1.82, 2.24) is 15.0 Å². The number of thiophene rings is 1. The fourth-order valence-corrected chi connectivity index (χ4v) is 11.5. The van der Waals surface area contributed by atoms with Crippen LogP contribution in [0.4, 0.5) is 0 Å². The van der Waals surface area contributed by atoms with E-state index in [9.17, 15) is 0 Å². The van der Waals surface area contributed by atoms with Crippen LogP contribution >= 0.6 is 11.3 Å². The molecule has 2 heterocycles. The van der Waals surface area contributed by atoms with E-state index in [0.29, 0.717) is 17.5 Å². The molecule has 1 aliphatic rings. The second-order valence-corrected chi connectivity index (χ2v) is 18.6. The quantitative estimate of drug-likeness (QED) is 0.162. The SMILES string of the molecule is CC1(C)c2ccccc2-c2c(-c3nc(-c4ccccc4)nc(-c4ccc5c(c4)sc4cc(-c6cccc(-c7ccc8c9ccccc9c9ccccc9c8c7)c6)ccc45)n3)cccc21. The Bertz CT molecular complexity index is 3850. The van der Waals surface area contributed by atoms with Crippen LogP contribution in [0.2, 0.25) is 0 Å². The van der Waals surface area contributed by atoms with E-state index < -0.39 is 0 Å². The van der Waals surface area contributed by atoms with Gasteiger partial charge in [0.2, 0.25) is 0 Å². The average molecular weight is 834 g/mol. The van der Waals surface area contributed by atoms with Gasteiger partial charge in [-0.2, -0.15) is 0 Å². The van der Waals surface area contributed by atoms with Crippen molar-refractivity contribution in [3.8, 4) is 67.5 Å². The summed E-state index contributed by atoms with van der Waals surface area (Å²) in [5.74, 6) is 2.01. The summed E-state index contributed by atoms with van der Waals surface area (Å²) in [6.45, 7) is 4.62. The molecule has 12 aromatic rings. The Kier molecular flexibility index (Phi) is 8.12. The highest BCUT2D eigenvalue weighted by atomic mass is 32.1. The maximum atomic E-state index is 5.27. The van der Waals surface area contributed by atoms with Gasteiger partial charge < -0.3 is 0 Å². The van der Waals surface area contributed by atoms with Crippen molar-refractivity contribution in [3.63, 3.8) is 0 Å². The molecule has 0 saturated heterocycles. The van der Waals surface area contributed by atoms with E-state index in [4.69, 9.17) is 15.0 Å². The van der Waals surface area contributed by atoms with Gasteiger partial charge in [0.15, 0.2) is 17.5 Å². The topological polar surface area (TPSA) is 38.7 Å². The van der Waals surface area contributed by atoms with E-state index in [-0.39, 0.29) is 5.41 Å². The van der Waals surface area contributed by atoms with E-state index in [0.717, 1.165) is 16.7 Å². The molecule has 0 unspecified atom stereocenters. The third-order valence-corrected chi connectivity index (χ3v) is 14.6. The lowest BCUT2D eigenvalue weighted by Gasteiger charge is -2.21. The van der Waals surface area contributed by atoms with E-state index in [1.165, 1.54) is 97.0 Å². The molecule has 0 fully saturated rings. The summed E-state index contributed by atoms with van der Waals surface area (Å²) in [6.07, 6.45) is 0. The highest BCUT2D eigenvalue weighted by molar-refractivity contribution is 7.25. The monoisotopic (exact) mass is 833 g/mol. The van der Waals surface area contributed by atoms with E-state index in [1.807, 2.05) is 29.5 Å². The number of nitrogens with zero attached hydrogens (tertiary/aromatic N) is 3. The summed E-state index contributed by atoms with van der Waals surface area (Å²) in [5, 5.41) is 10.2. The summed E-state index contributed by atoms with van der Waals surface area (Å²) in [4.78, 5) is 15.6. The van der Waals surface area contributed by atoms with Crippen LogP contribution in [-0.2, 0) is 5.41 Å². The van der Waals surface area contributed by atoms with Gasteiger partial charge in [-0.3, -0.25) is 0 Å². The van der Waals surface area contributed by atoms with Crippen molar-refractivity contribution in [2.24, 2.45) is 0 Å². The first kappa shape index (κ1) is 36.8. The van der Waals surface area contributed by atoms with Crippen LogP contribution in [0, 0.1) is 0 Å². The highest BCUT2D eigenvalue weighted by Gasteiger charge is 2.37. The Morgan fingerprint density at radius 1 is 0.312 bits per heavy atom. The zero-order valence-corrected chi connectivity index (χ0v) is 36.1. The maximum Gasteiger partial charge on any atom is 0.164 e. The predicted octanol–water partition coefficient (Wildman–Crippen LogP) is 16.3. The standard InChI is InChI=1S/C60H39N3S/c1-60(2)52-24-11-10-22-49(52)56-50(23-13-25-53(56)60)59-62-57(36-14-4-3-5-15-36)61-58(63-59)41-28-31-48-47-30-27-40(34-54(47)64-55(48)35-41)38-17-12-16-37(32-38)39-26-29-46-44-20-7-6-18-42(44)43-19-8-9-21-45(43)51(46)33-39/h3-35H,1-2H3. The van der Waals surface area contributed by atoms with Crippen molar-refractivity contribution in [2.75, 3.05) is 0 Å². The molecule has 4 heteroatoms. The molecule has 13 rings (SSSR count). The van der Waals surface area contributed by atoms with Crippen LogP contribution in [0.5, 0.6) is 0 Å². The van der Waals surface area contributed by atoms with Gasteiger partial charge in [-0.25, -0.2) is 15.0 Å². The van der Waals surface area contributed by atoms with Crippen molar-refractivity contribution >= 4 is 63.8 Å². The smallest absolute Gasteiger partial charge is 0.164 e. The lowest BCUT2D eigenvalue weighted by atomic mass is 9.82. The van der Waals surface area contributed by atoms with Crippen molar-refractivity contribution in [3.05, 3.63) is 211 Å². The molecule has 300 valence electrons. The highest BCUT2D eigenvalue weighted by Crippen LogP contribution is 2.52. The molecular weight excluding hydrogens is 795 g/mol. The molecule has 3 nitrogen and oxygen atoms in total. The first-order valence-corrected chi connectivity index (χ1v) is 22.7. The van der Waals surface area contributed by atoms with Gasteiger partial charge in [-0.15, -0.1) is 11.3 Å². The van der Waals surface area contributed by atoms with Crippen molar-refractivity contribution < 1.29 is 0 Å². The molecule has 64 heavy (non-hydrogen) atoms. The minimum absolute atomic E-state index is 0.127. The van der Waals surface area contributed by atoms with Gasteiger partial charge in [-0.05, 0) is 101 Å². The number of hydrogen-bond acceptors (Lipinski definition) is 4. The Morgan fingerprint density at radius 2 is 0.766 bits per heavy atom. The summed E-state index contributed by atoms with van der Waals surface area (Å²) in [5.41, 5.74) is 12.7. The van der Waals surface area contributed by atoms with Gasteiger partial charge in [0, 0.05) is 42.3 Å². The van der Waals surface area contributed by atoms with Crippen LogP contribution in [-0.4, -0.2) is 15.0 Å². The second kappa shape index (κ2) is 14.1. The van der Waals surface area contributed by atoms with Crippen molar-refractivity contribution in [1.29, 1.82) is 0 Å². The van der Waals surface area contributed by atoms with Crippen LogP contribution in [0.15, 0.2) is 200 Å². The summed E-state index contributed by atoms with van der Waals surface area (Å²) >= 11 is 1.82. The number of hydrogen-bond donors (Lipinski definition) is 0. The van der Waals surface area contributed by atoms with Crippen LogP contribution in [0.3, 0.4) is 0 Å². The fraction of sp³-hybridized carbons (Fsp3) is 0.0500. The Balaban J connectivity index is 0.893.